The molecule has 0 radical (unpaired) electrons. The third kappa shape index (κ3) is 2.40. The molecule has 1 saturated heterocycles. The van der Waals surface area contributed by atoms with E-state index < -0.39 is 9.75 Å². The fourth-order valence-electron chi connectivity index (χ4n) is 2.62. The minimum Gasteiger partial charge on any atom is -0.324 e. The van der Waals surface area contributed by atoms with Crippen LogP contribution in [0.1, 0.15) is 26.2 Å². The zero-order valence-corrected chi connectivity index (χ0v) is 13.2. The van der Waals surface area contributed by atoms with Crippen molar-refractivity contribution in [2.24, 2.45) is 5.41 Å². The van der Waals surface area contributed by atoms with E-state index in [1.54, 1.807) is 17.9 Å². The molecule has 0 spiro atoms. The zero-order chi connectivity index (χ0) is 15.3. The number of hydrogen-bond donors (Lipinski definition) is 1. The monoisotopic (exact) mass is 326 g/mol. The summed E-state index contributed by atoms with van der Waals surface area (Å²) >= 11 is 12.1. The van der Waals surface area contributed by atoms with Gasteiger partial charge >= 0.3 is 0 Å². The van der Waals surface area contributed by atoms with Gasteiger partial charge in [-0.15, -0.1) is 23.2 Å². The Hall–Kier alpha value is -1.26. The molecule has 21 heavy (non-hydrogen) atoms. The number of carbonyl (C=O) groups is 2. The molecular formula is C15H16Cl2N2O2. The number of alkyl halides is 2. The second kappa shape index (κ2) is 4.89. The van der Waals surface area contributed by atoms with Crippen LogP contribution in [0.5, 0.6) is 0 Å². The number of anilines is 2. The van der Waals surface area contributed by atoms with Gasteiger partial charge in [0.05, 0.1) is 16.8 Å². The molecule has 1 aromatic carbocycles. The molecule has 1 saturated carbocycles. The number of halogens is 2. The fourth-order valence-corrected chi connectivity index (χ4v) is 3.33. The van der Waals surface area contributed by atoms with E-state index in [2.05, 4.69) is 5.32 Å². The Labute approximate surface area is 133 Å². The van der Waals surface area contributed by atoms with Gasteiger partial charge in [0.15, 0.2) is 0 Å². The Morgan fingerprint density at radius 3 is 2.57 bits per heavy atom. The van der Waals surface area contributed by atoms with Gasteiger partial charge in [0.2, 0.25) is 11.8 Å². The summed E-state index contributed by atoms with van der Waals surface area (Å²) in [5, 5.41) is 2.86. The van der Waals surface area contributed by atoms with Crippen LogP contribution in [0, 0.1) is 5.41 Å². The Morgan fingerprint density at radius 1 is 1.33 bits per heavy atom. The third-order valence-electron chi connectivity index (χ3n) is 4.28. The van der Waals surface area contributed by atoms with Crippen molar-refractivity contribution >= 4 is 46.4 Å². The van der Waals surface area contributed by atoms with Crippen LogP contribution in [0.3, 0.4) is 0 Å². The minimum atomic E-state index is -1.00. The molecule has 2 amide bonds. The number of carbonyl (C=O) groups excluding carboxylic acids is 2. The molecule has 3 rings (SSSR count). The minimum absolute atomic E-state index is 0.0818. The molecule has 0 bridgehead atoms. The van der Waals surface area contributed by atoms with E-state index in [0.29, 0.717) is 25.1 Å². The van der Waals surface area contributed by atoms with E-state index in [1.165, 1.54) is 0 Å². The smallest absolute Gasteiger partial charge is 0.233 e. The molecule has 1 atom stereocenters. The molecule has 1 heterocycles. The maximum absolute atomic E-state index is 12.4. The Morgan fingerprint density at radius 2 is 2.00 bits per heavy atom. The molecule has 6 heteroatoms. The van der Waals surface area contributed by atoms with Crippen molar-refractivity contribution in [3.8, 4) is 0 Å². The van der Waals surface area contributed by atoms with Crippen molar-refractivity contribution in [1.82, 2.24) is 0 Å². The zero-order valence-electron chi connectivity index (χ0n) is 11.7. The molecule has 2 fully saturated rings. The van der Waals surface area contributed by atoms with Gasteiger partial charge in [-0.1, -0.05) is 12.1 Å². The molecule has 0 aromatic heterocycles. The molecule has 0 unspecified atom stereocenters. The van der Waals surface area contributed by atoms with Crippen LogP contribution in [0.15, 0.2) is 24.3 Å². The highest BCUT2D eigenvalue weighted by molar-refractivity contribution is 6.53. The summed E-state index contributed by atoms with van der Waals surface area (Å²) in [6, 6.07) is 7.30. The molecule has 1 N–H and O–H groups in total. The number of hydrogen-bond acceptors (Lipinski definition) is 2. The molecule has 2 aliphatic rings. The number of rotatable bonds is 3. The van der Waals surface area contributed by atoms with Crippen molar-refractivity contribution in [1.29, 1.82) is 0 Å². The first-order chi connectivity index (χ1) is 9.85. The van der Waals surface area contributed by atoms with Gasteiger partial charge in [-0.2, -0.15) is 0 Å². The first-order valence-corrected chi connectivity index (χ1v) is 7.69. The largest absolute Gasteiger partial charge is 0.324 e. The quantitative estimate of drug-likeness (QED) is 0.866. The van der Waals surface area contributed by atoms with Gasteiger partial charge in [-0.05, 0) is 31.9 Å². The van der Waals surface area contributed by atoms with E-state index >= 15 is 0 Å². The van der Waals surface area contributed by atoms with Crippen LogP contribution in [-0.4, -0.2) is 22.7 Å². The number of amides is 2. The maximum Gasteiger partial charge on any atom is 0.233 e. The van der Waals surface area contributed by atoms with E-state index in [9.17, 15) is 9.59 Å². The summed E-state index contributed by atoms with van der Waals surface area (Å²) in [7, 11) is 0. The predicted octanol–water partition coefficient (Wildman–Crippen LogP) is 3.34. The lowest BCUT2D eigenvalue weighted by Crippen LogP contribution is -2.29. The lowest BCUT2D eigenvalue weighted by atomic mass is 10.1. The normalized spacial score (nSPS) is 26.8. The second-order valence-corrected chi connectivity index (χ2v) is 7.32. The van der Waals surface area contributed by atoms with Crippen LogP contribution in [0.2, 0.25) is 0 Å². The van der Waals surface area contributed by atoms with Gasteiger partial charge in [0.1, 0.15) is 4.33 Å². The molecule has 1 aliphatic carbocycles. The van der Waals surface area contributed by atoms with Crippen molar-refractivity contribution in [3.63, 3.8) is 0 Å². The summed E-state index contributed by atoms with van der Waals surface area (Å²) in [5.41, 5.74) is 0.570. The van der Waals surface area contributed by atoms with Crippen molar-refractivity contribution in [2.75, 3.05) is 16.8 Å². The van der Waals surface area contributed by atoms with E-state index in [1.807, 2.05) is 18.2 Å². The topological polar surface area (TPSA) is 49.4 Å². The van der Waals surface area contributed by atoms with Gasteiger partial charge < -0.3 is 10.2 Å². The first kappa shape index (κ1) is 14.7. The molecule has 4 nitrogen and oxygen atoms in total. The van der Waals surface area contributed by atoms with E-state index in [4.69, 9.17) is 23.2 Å². The number of para-hydroxylation sites is 2. The summed E-state index contributed by atoms with van der Waals surface area (Å²) in [6.07, 6.45) is 1.82. The number of nitrogens with zero attached hydrogens (tertiary/aromatic N) is 1. The van der Waals surface area contributed by atoms with Crippen molar-refractivity contribution in [3.05, 3.63) is 24.3 Å². The predicted molar refractivity (Wildman–Crippen MR) is 83.8 cm³/mol. The van der Waals surface area contributed by atoms with Gasteiger partial charge in [-0.3, -0.25) is 9.59 Å². The van der Waals surface area contributed by atoms with Gasteiger partial charge in [0, 0.05) is 13.0 Å². The highest BCUT2D eigenvalue weighted by Crippen LogP contribution is 2.64. The average Bonchev–Trinajstić information content (AvgIpc) is 2.76. The number of benzene rings is 1. The maximum atomic E-state index is 12.4. The lowest BCUT2D eigenvalue weighted by Gasteiger charge is -2.21. The standard InChI is InChI=1S/C15H16Cl2N2O2/c1-14(9-15(14,16)17)13(21)18-10-5-2-3-6-11(10)19-8-4-7-12(19)20/h2-3,5-6H,4,7-9H2,1H3,(H,18,21)/t14-/m1/s1. The summed E-state index contributed by atoms with van der Waals surface area (Å²) < 4.78 is -1.00. The summed E-state index contributed by atoms with van der Waals surface area (Å²) in [6.45, 7) is 2.42. The van der Waals surface area contributed by atoms with Crippen LogP contribution in [0.4, 0.5) is 11.4 Å². The Balaban J connectivity index is 1.84. The fraction of sp³-hybridized carbons (Fsp3) is 0.467. The van der Waals surface area contributed by atoms with E-state index in [0.717, 1.165) is 12.1 Å². The van der Waals surface area contributed by atoms with Crippen LogP contribution in [-0.2, 0) is 9.59 Å². The van der Waals surface area contributed by atoms with Crippen LogP contribution >= 0.6 is 23.2 Å². The summed E-state index contributed by atoms with van der Waals surface area (Å²) in [5.74, 6) is -0.134. The summed E-state index contributed by atoms with van der Waals surface area (Å²) in [4.78, 5) is 26.0. The van der Waals surface area contributed by atoms with Crippen molar-refractivity contribution in [2.45, 2.75) is 30.5 Å². The highest BCUT2D eigenvalue weighted by atomic mass is 35.5. The van der Waals surface area contributed by atoms with Crippen LogP contribution in [0.25, 0.3) is 0 Å². The van der Waals surface area contributed by atoms with Gasteiger partial charge in [0.25, 0.3) is 0 Å². The first-order valence-electron chi connectivity index (χ1n) is 6.94. The number of nitrogens with one attached hydrogen (secondary N) is 1. The Kier molecular flexibility index (Phi) is 3.41. The second-order valence-electron chi connectivity index (χ2n) is 5.83. The highest BCUT2D eigenvalue weighted by Gasteiger charge is 2.67. The van der Waals surface area contributed by atoms with E-state index in [-0.39, 0.29) is 11.8 Å². The SMILES string of the molecule is C[C@]1(C(=O)Nc2ccccc2N2CCCC2=O)CC1(Cl)Cl. The van der Waals surface area contributed by atoms with Crippen LogP contribution < -0.4 is 10.2 Å². The molecule has 1 aliphatic heterocycles. The lowest BCUT2D eigenvalue weighted by molar-refractivity contribution is -0.120. The van der Waals surface area contributed by atoms with Crippen molar-refractivity contribution < 1.29 is 9.59 Å². The average molecular weight is 327 g/mol. The molecule has 1 aromatic rings. The molecular weight excluding hydrogens is 311 g/mol. The Bertz CT molecular complexity index is 617. The molecule has 112 valence electrons. The van der Waals surface area contributed by atoms with Gasteiger partial charge in [-0.25, -0.2) is 0 Å². The third-order valence-corrected chi connectivity index (χ3v) is 5.38.